The first-order valence-corrected chi connectivity index (χ1v) is 18.2. The van der Waals surface area contributed by atoms with E-state index in [0.29, 0.717) is 17.7 Å². The summed E-state index contributed by atoms with van der Waals surface area (Å²) in [4.78, 5) is 38.9. The van der Waals surface area contributed by atoms with Crippen molar-refractivity contribution in [2.45, 2.75) is 63.1 Å². The quantitative estimate of drug-likeness (QED) is 0.227. The Bertz CT molecular complexity index is 1870. The molecule has 4 heterocycles. The second-order valence-electron chi connectivity index (χ2n) is 13.8. The summed E-state index contributed by atoms with van der Waals surface area (Å²) in [5.41, 5.74) is 5.18. The number of nitrogens with zero attached hydrogens (tertiary/aromatic N) is 5. The molecule has 1 aromatic heterocycles. The fraction of sp³-hybridized carbons (Fsp3) is 0.400. The second-order valence-corrected chi connectivity index (χ2v) is 13.8. The number of rotatable bonds is 10. The van der Waals surface area contributed by atoms with Crippen LogP contribution in [0.5, 0.6) is 0 Å². The Hall–Kier alpha value is -4.89. The predicted molar refractivity (Wildman–Crippen MR) is 194 cm³/mol. The van der Waals surface area contributed by atoms with Crippen LogP contribution in [0.3, 0.4) is 0 Å². The van der Waals surface area contributed by atoms with Crippen molar-refractivity contribution in [2.75, 3.05) is 44.2 Å². The van der Waals surface area contributed by atoms with Crippen LogP contribution in [0.4, 0.5) is 19.1 Å². The molecular weight excluding hydrogens is 701 g/mol. The second kappa shape index (κ2) is 16.6. The molecule has 0 radical (unpaired) electrons. The zero-order chi connectivity index (χ0) is 37.7. The zero-order valence-corrected chi connectivity index (χ0v) is 29.7. The van der Waals surface area contributed by atoms with E-state index in [1.54, 1.807) is 12.4 Å². The maximum absolute atomic E-state index is 13.1. The van der Waals surface area contributed by atoms with Gasteiger partial charge in [0, 0.05) is 70.2 Å². The molecule has 4 atom stereocenters. The molecule has 4 aromatic rings. The number of hydrogen-bond acceptors (Lipinski definition) is 9. The van der Waals surface area contributed by atoms with Gasteiger partial charge in [-0.1, -0.05) is 72.8 Å². The van der Waals surface area contributed by atoms with Crippen LogP contribution in [-0.4, -0.2) is 94.3 Å². The van der Waals surface area contributed by atoms with E-state index < -0.39 is 30.3 Å². The summed E-state index contributed by atoms with van der Waals surface area (Å²) in [6, 6.07) is 23.8. The van der Waals surface area contributed by atoms with E-state index in [9.17, 15) is 27.9 Å². The number of alkyl halides is 3. The summed E-state index contributed by atoms with van der Waals surface area (Å²) in [7, 11) is 0. The first-order valence-electron chi connectivity index (χ1n) is 18.2. The molecule has 0 bridgehead atoms. The molecule has 284 valence electrons. The number of amides is 2. The van der Waals surface area contributed by atoms with Crippen molar-refractivity contribution in [3.8, 4) is 11.1 Å². The molecule has 7 rings (SSSR count). The van der Waals surface area contributed by atoms with Gasteiger partial charge in [-0.3, -0.25) is 14.5 Å². The number of anilines is 1. The highest BCUT2D eigenvalue weighted by molar-refractivity contribution is 5.90. The van der Waals surface area contributed by atoms with Crippen LogP contribution in [-0.2, 0) is 32.2 Å². The Kier molecular flexibility index (Phi) is 11.5. The SMILES string of the molecule is O=C(NCc1ccccc1-c1ccc(C2OC(CN3CCN(c4ncccn4)CC3)CC(c3ccc(CO)cc3)O2)cc1)C1CCCN1C(=O)C(F)(F)F. The maximum atomic E-state index is 13.1. The molecule has 2 N–H and O–H groups in total. The molecule has 3 aromatic carbocycles. The first-order chi connectivity index (χ1) is 26.2. The van der Waals surface area contributed by atoms with Crippen molar-refractivity contribution in [3.63, 3.8) is 0 Å². The number of benzene rings is 3. The molecule has 3 aliphatic rings. The lowest BCUT2D eigenvalue weighted by molar-refractivity contribution is -0.253. The number of likely N-dealkylation sites (tertiary alicyclic amines) is 1. The van der Waals surface area contributed by atoms with Crippen molar-refractivity contribution in [2.24, 2.45) is 0 Å². The third-order valence-corrected chi connectivity index (χ3v) is 10.3. The number of carbonyl (C=O) groups is 2. The van der Waals surface area contributed by atoms with E-state index in [1.165, 1.54) is 0 Å². The van der Waals surface area contributed by atoms with E-state index in [4.69, 9.17) is 9.47 Å². The molecule has 54 heavy (non-hydrogen) atoms. The summed E-state index contributed by atoms with van der Waals surface area (Å²) in [6.45, 7) is 3.99. The number of carbonyl (C=O) groups excluding carboxylic acids is 2. The van der Waals surface area contributed by atoms with Gasteiger partial charge in [-0.15, -0.1) is 0 Å². The normalized spacial score (nSPS) is 22.3. The van der Waals surface area contributed by atoms with Crippen LogP contribution < -0.4 is 10.2 Å². The number of piperazine rings is 1. The van der Waals surface area contributed by atoms with E-state index in [0.717, 1.165) is 72.1 Å². The minimum atomic E-state index is -5.03. The van der Waals surface area contributed by atoms with Crippen molar-refractivity contribution in [1.82, 2.24) is 25.1 Å². The number of halogens is 3. The van der Waals surface area contributed by atoms with Crippen molar-refractivity contribution in [3.05, 3.63) is 114 Å². The highest BCUT2D eigenvalue weighted by Crippen LogP contribution is 2.39. The lowest BCUT2D eigenvalue weighted by Crippen LogP contribution is -2.50. The van der Waals surface area contributed by atoms with Gasteiger partial charge < -0.3 is 29.7 Å². The number of aliphatic hydroxyl groups is 1. The van der Waals surface area contributed by atoms with Gasteiger partial charge in [-0.2, -0.15) is 13.2 Å². The standard InChI is InChI=1S/C40H43F3N6O5/c41-40(42,43)38(52)49-18-3-7-34(49)36(51)46-24-31-5-1-2-6-33(31)28-12-14-30(15-13-28)37-53-32(23-35(54-37)29-10-8-27(26-50)9-11-29)25-47-19-21-48(22-20-47)39-44-16-4-17-45-39/h1-2,4-6,8-17,32,34-35,37,50H,3,7,18-26H2,(H,46,51). The number of aromatic nitrogens is 2. The van der Waals surface area contributed by atoms with Gasteiger partial charge in [-0.25, -0.2) is 9.97 Å². The Morgan fingerprint density at radius 3 is 2.26 bits per heavy atom. The molecular formula is C40H43F3N6O5. The maximum Gasteiger partial charge on any atom is 0.471 e. The average Bonchev–Trinajstić information content (AvgIpc) is 3.70. The summed E-state index contributed by atoms with van der Waals surface area (Å²) < 4.78 is 52.6. The fourth-order valence-electron chi connectivity index (χ4n) is 7.43. The largest absolute Gasteiger partial charge is 0.471 e. The summed E-state index contributed by atoms with van der Waals surface area (Å²) in [6.07, 6.45) is -1.33. The van der Waals surface area contributed by atoms with Gasteiger partial charge in [0.1, 0.15) is 6.04 Å². The molecule has 4 unspecified atom stereocenters. The third kappa shape index (κ3) is 8.73. The first kappa shape index (κ1) is 37.4. The number of ether oxygens (including phenoxy) is 2. The molecule has 0 saturated carbocycles. The molecule has 14 heteroatoms. The van der Waals surface area contributed by atoms with Gasteiger partial charge in [0.15, 0.2) is 6.29 Å². The Morgan fingerprint density at radius 1 is 0.852 bits per heavy atom. The lowest BCUT2D eigenvalue weighted by Gasteiger charge is -2.40. The van der Waals surface area contributed by atoms with E-state index in [-0.39, 0.29) is 38.3 Å². The van der Waals surface area contributed by atoms with Crippen molar-refractivity contribution < 1.29 is 37.3 Å². The third-order valence-electron chi connectivity index (χ3n) is 10.3. The van der Waals surface area contributed by atoms with Gasteiger partial charge in [0.25, 0.3) is 0 Å². The van der Waals surface area contributed by atoms with E-state index >= 15 is 0 Å². The highest BCUT2D eigenvalue weighted by Gasteiger charge is 2.47. The fourth-order valence-corrected chi connectivity index (χ4v) is 7.43. The zero-order valence-electron chi connectivity index (χ0n) is 29.7. The highest BCUT2D eigenvalue weighted by atomic mass is 19.4. The smallest absolute Gasteiger partial charge is 0.392 e. The van der Waals surface area contributed by atoms with E-state index in [1.807, 2.05) is 78.9 Å². The minimum absolute atomic E-state index is 0.0376. The minimum Gasteiger partial charge on any atom is -0.392 e. The molecule has 3 fully saturated rings. The predicted octanol–water partition coefficient (Wildman–Crippen LogP) is 5.17. The van der Waals surface area contributed by atoms with Crippen LogP contribution in [0.2, 0.25) is 0 Å². The molecule has 11 nitrogen and oxygen atoms in total. The average molecular weight is 745 g/mol. The van der Waals surface area contributed by atoms with Crippen LogP contribution in [0, 0.1) is 0 Å². The summed E-state index contributed by atoms with van der Waals surface area (Å²) >= 11 is 0. The van der Waals surface area contributed by atoms with E-state index in [2.05, 4.69) is 25.1 Å². The van der Waals surface area contributed by atoms with Gasteiger partial charge >= 0.3 is 12.1 Å². The van der Waals surface area contributed by atoms with Gasteiger partial charge in [0.05, 0.1) is 18.8 Å². The van der Waals surface area contributed by atoms with Crippen molar-refractivity contribution in [1.29, 1.82) is 0 Å². The summed E-state index contributed by atoms with van der Waals surface area (Å²) in [5.74, 6) is -1.86. The van der Waals surface area contributed by atoms with Gasteiger partial charge in [0.2, 0.25) is 11.9 Å². The Morgan fingerprint density at radius 2 is 1.56 bits per heavy atom. The van der Waals surface area contributed by atoms with Crippen LogP contribution in [0.25, 0.3) is 11.1 Å². The number of aliphatic hydroxyl groups excluding tert-OH is 1. The number of nitrogens with one attached hydrogen (secondary N) is 1. The number of hydrogen-bond donors (Lipinski definition) is 2. The topological polar surface area (TPSA) is 120 Å². The van der Waals surface area contributed by atoms with Crippen LogP contribution >= 0.6 is 0 Å². The monoisotopic (exact) mass is 744 g/mol. The molecule has 0 aliphatic carbocycles. The van der Waals surface area contributed by atoms with Crippen LogP contribution in [0.15, 0.2) is 91.3 Å². The summed E-state index contributed by atoms with van der Waals surface area (Å²) in [5, 5.41) is 12.3. The molecule has 0 spiro atoms. The lowest BCUT2D eigenvalue weighted by atomic mass is 9.97. The molecule has 3 aliphatic heterocycles. The molecule has 2 amide bonds. The van der Waals surface area contributed by atoms with Crippen LogP contribution in [0.1, 0.15) is 53.9 Å². The van der Waals surface area contributed by atoms with Crippen molar-refractivity contribution >= 4 is 17.8 Å². The Balaban J connectivity index is 1.03. The Labute approximate surface area is 311 Å². The molecule has 3 saturated heterocycles. The van der Waals surface area contributed by atoms with Gasteiger partial charge in [-0.05, 0) is 46.7 Å².